The summed E-state index contributed by atoms with van der Waals surface area (Å²) in [6.45, 7) is 1.79. The molecule has 1 N–H and O–H groups in total. The number of carbonyl (C=O) groups is 1. The van der Waals surface area contributed by atoms with E-state index in [4.69, 9.17) is 23.2 Å². The Balaban J connectivity index is 1.37. The second-order valence-corrected chi connectivity index (χ2v) is 9.13. The predicted octanol–water partition coefficient (Wildman–Crippen LogP) is 5.75. The van der Waals surface area contributed by atoms with E-state index in [0.717, 1.165) is 18.4 Å². The van der Waals surface area contributed by atoms with E-state index in [2.05, 4.69) is 20.5 Å². The van der Waals surface area contributed by atoms with Gasteiger partial charge in [-0.25, -0.2) is 18.4 Å². The second-order valence-electron chi connectivity index (χ2n) is 8.32. The first-order chi connectivity index (χ1) is 16.3. The lowest BCUT2D eigenvalue weighted by atomic mass is 10.1. The lowest BCUT2D eigenvalue weighted by Crippen LogP contribution is -2.20. The molecule has 7 nitrogen and oxygen atoms in total. The van der Waals surface area contributed by atoms with E-state index in [9.17, 15) is 13.6 Å². The highest BCUT2D eigenvalue weighted by molar-refractivity contribution is 6.33. The lowest BCUT2D eigenvalue weighted by molar-refractivity contribution is -0.116. The van der Waals surface area contributed by atoms with Crippen LogP contribution in [0.25, 0.3) is 11.0 Å². The first-order valence-corrected chi connectivity index (χ1v) is 11.5. The van der Waals surface area contributed by atoms with Crippen molar-refractivity contribution in [2.45, 2.75) is 45.2 Å². The molecule has 3 aromatic heterocycles. The van der Waals surface area contributed by atoms with Crippen LogP contribution in [-0.2, 0) is 17.9 Å². The van der Waals surface area contributed by atoms with Crippen molar-refractivity contribution in [3.05, 3.63) is 69.1 Å². The third kappa shape index (κ3) is 4.50. The SMILES string of the molecule is Cc1nn(CC(=O)Nc2nn(Cc3ccccc3Cl)cc2Cl)c2nc(C3CC3)cc(C(F)F)c12. The van der Waals surface area contributed by atoms with Crippen LogP contribution >= 0.6 is 23.2 Å². The molecule has 1 fully saturated rings. The van der Waals surface area contributed by atoms with Gasteiger partial charge in [0.05, 0.1) is 17.6 Å². The number of fused-ring (bicyclic) bond motifs is 1. The fraction of sp³-hybridized carbons (Fsp3) is 0.304. The first-order valence-electron chi connectivity index (χ1n) is 10.7. The smallest absolute Gasteiger partial charge is 0.264 e. The predicted molar refractivity (Wildman–Crippen MR) is 126 cm³/mol. The van der Waals surface area contributed by atoms with Crippen LogP contribution in [0.4, 0.5) is 14.6 Å². The molecular weight excluding hydrogens is 485 g/mol. The third-order valence-corrected chi connectivity index (χ3v) is 6.36. The van der Waals surface area contributed by atoms with Gasteiger partial charge in [-0.15, -0.1) is 0 Å². The van der Waals surface area contributed by atoms with Crippen molar-refractivity contribution in [2.75, 3.05) is 5.32 Å². The molecule has 0 aliphatic heterocycles. The minimum absolute atomic E-state index is 0.0996. The van der Waals surface area contributed by atoms with Gasteiger partial charge >= 0.3 is 0 Å². The number of benzene rings is 1. The number of aromatic nitrogens is 5. The maximum absolute atomic E-state index is 13.8. The van der Waals surface area contributed by atoms with E-state index in [1.54, 1.807) is 23.9 Å². The van der Waals surface area contributed by atoms with Gasteiger partial charge in [-0.05, 0) is 37.5 Å². The zero-order chi connectivity index (χ0) is 24.0. The molecule has 4 aromatic rings. The van der Waals surface area contributed by atoms with Crippen LogP contribution in [0, 0.1) is 6.92 Å². The van der Waals surface area contributed by atoms with Crippen molar-refractivity contribution in [1.29, 1.82) is 0 Å². The number of anilines is 1. The molecular formula is C23H20Cl2F2N6O. The summed E-state index contributed by atoms with van der Waals surface area (Å²) in [6.07, 6.45) is 0.773. The Morgan fingerprint density at radius 3 is 2.68 bits per heavy atom. The summed E-state index contributed by atoms with van der Waals surface area (Å²) in [6, 6.07) is 8.82. The molecule has 0 saturated heterocycles. The molecule has 0 radical (unpaired) electrons. The summed E-state index contributed by atoms with van der Waals surface area (Å²) in [5.74, 6) is -0.0846. The van der Waals surface area contributed by atoms with E-state index >= 15 is 0 Å². The number of carbonyl (C=O) groups excluding carboxylic acids is 1. The highest BCUT2D eigenvalue weighted by Crippen LogP contribution is 2.42. The molecule has 0 unspecified atom stereocenters. The standard InChI is InChI=1S/C23H20Cl2F2N6O/c1-12-20-15(21(26)27)8-18(13-6-7-13)28-23(20)33(30-12)11-19(34)29-22-17(25)10-32(31-22)9-14-4-2-3-5-16(14)24/h2-5,8,10,13,21H,6-7,9,11H2,1H3,(H,29,31,34). The normalized spacial score (nSPS) is 13.7. The van der Waals surface area contributed by atoms with E-state index in [0.29, 0.717) is 23.0 Å². The zero-order valence-electron chi connectivity index (χ0n) is 18.1. The molecule has 3 heterocycles. The van der Waals surface area contributed by atoms with Crippen LogP contribution in [0.1, 0.15) is 47.7 Å². The summed E-state index contributed by atoms with van der Waals surface area (Å²) in [5.41, 5.74) is 2.05. The summed E-state index contributed by atoms with van der Waals surface area (Å²) in [4.78, 5) is 17.3. The van der Waals surface area contributed by atoms with Crippen LogP contribution in [-0.4, -0.2) is 30.5 Å². The average Bonchev–Trinajstić information content (AvgIpc) is 3.52. The molecule has 1 amide bonds. The van der Waals surface area contributed by atoms with Gasteiger partial charge in [-0.2, -0.15) is 10.2 Å². The molecule has 1 aliphatic rings. The summed E-state index contributed by atoms with van der Waals surface area (Å²) in [7, 11) is 0. The number of nitrogens with one attached hydrogen (secondary N) is 1. The Labute approximate surface area is 203 Å². The van der Waals surface area contributed by atoms with Gasteiger partial charge in [0.2, 0.25) is 5.91 Å². The topological polar surface area (TPSA) is 77.6 Å². The Bertz CT molecular complexity index is 1400. The molecule has 0 bridgehead atoms. The maximum atomic E-state index is 13.8. The van der Waals surface area contributed by atoms with Gasteiger partial charge in [0, 0.05) is 28.4 Å². The lowest BCUT2D eigenvalue weighted by Gasteiger charge is -2.08. The Hall–Kier alpha value is -3.04. The average molecular weight is 505 g/mol. The number of hydrogen-bond acceptors (Lipinski definition) is 4. The third-order valence-electron chi connectivity index (χ3n) is 5.72. The van der Waals surface area contributed by atoms with E-state index in [-0.39, 0.29) is 39.9 Å². The van der Waals surface area contributed by atoms with Crippen molar-refractivity contribution >= 4 is 46.0 Å². The van der Waals surface area contributed by atoms with Crippen molar-refractivity contribution < 1.29 is 13.6 Å². The number of nitrogens with zero attached hydrogens (tertiary/aromatic N) is 5. The zero-order valence-corrected chi connectivity index (χ0v) is 19.6. The summed E-state index contributed by atoms with van der Waals surface area (Å²) >= 11 is 12.5. The van der Waals surface area contributed by atoms with Gasteiger partial charge in [-0.3, -0.25) is 9.48 Å². The molecule has 1 aromatic carbocycles. The molecule has 0 spiro atoms. The van der Waals surface area contributed by atoms with Crippen molar-refractivity contribution in [1.82, 2.24) is 24.5 Å². The van der Waals surface area contributed by atoms with Crippen LogP contribution < -0.4 is 5.32 Å². The van der Waals surface area contributed by atoms with Crippen molar-refractivity contribution in [3.8, 4) is 0 Å². The number of aryl methyl sites for hydroxylation is 1. The molecule has 176 valence electrons. The molecule has 5 rings (SSSR count). The van der Waals surface area contributed by atoms with Crippen LogP contribution in [0.15, 0.2) is 36.5 Å². The monoisotopic (exact) mass is 504 g/mol. The Kier molecular flexibility index (Phi) is 5.99. The minimum atomic E-state index is -2.66. The van der Waals surface area contributed by atoms with E-state index in [1.807, 2.05) is 18.2 Å². The molecule has 34 heavy (non-hydrogen) atoms. The van der Waals surface area contributed by atoms with Gasteiger partial charge in [-0.1, -0.05) is 41.4 Å². The fourth-order valence-electron chi connectivity index (χ4n) is 3.95. The number of rotatable bonds is 7. The van der Waals surface area contributed by atoms with E-state index < -0.39 is 12.3 Å². The molecule has 11 heteroatoms. The number of hydrogen-bond donors (Lipinski definition) is 1. The highest BCUT2D eigenvalue weighted by atomic mass is 35.5. The van der Waals surface area contributed by atoms with E-state index in [1.165, 1.54) is 10.7 Å². The van der Waals surface area contributed by atoms with Crippen molar-refractivity contribution in [3.63, 3.8) is 0 Å². The van der Waals surface area contributed by atoms with Gasteiger partial charge < -0.3 is 5.32 Å². The fourth-order valence-corrected chi connectivity index (χ4v) is 4.34. The van der Waals surface area contributed by atoms with Crippen LogP contribution in [0.2, 0.25) is 10.0 Å². The number of pyridine rings is 1. The Morgan fingerprint density at radius 1 is 1.21 bits per heavy atom. The summed E-state index contributed by atoms with van der Waals surface area (Å²) in [5, 5.41) is 12.5. The number of amides is 1. The molecule has 0 atom stereocenters. The van der Waals surface area contributed by atoms with Crippen LogP contribution in [0.5, 0.6) is 0 Å². The summed E-state index contributed by atoms with van der Waals surface area (Å²) < 4.78 is 30.4. The van der Waals surface area contributed by atoms with Crippen LogP contribution in [0.3, 0.4) is 0 Å². The number of alkyl halides is 2. The number of halogens is 4. The van der Waals surface area contributed by atoms with Gasteiger partial charge in [0.25, 0.3) is 6.43 Å². The molecule has 1 saturated carbocycles. The largest absolute Gasteiger partial charge is 0.306 e. The first kappa shape index (κ1) is 22.7. The van der Waals surface area contributed by atoms with Gasteiger partial charge in [0.15, 0.2) is 11.5 Å². The maximum Gasteiger partial charge on any atom is 0.264 e. The Morgan fingerprint density at radius 2 is 1.97 bits per heavy atom. The van der Waals surface area contributed by atoms with Gasteiger partial charge in [0.1, 0.15) is 11.6 Å². The van der Waals surface area contributed by atoms with Crippen molar-refractivity contribution in [2.24, 2.45) is 0 Å². The minimum Gasteiger partial charge on any atom is -0.306 e. The highest BCUT2D eigenvalue weighted by Gasteiger charge is 2.29. The molecule has 1 aliphatic carbocycles. The second kappa shape index (κ2) is 8.96. The quantitative estimate of drug-likeness (QED) is 0.347.